The van der Waals surface area contributed by atoms with Gasteiger partial charge in [0.1, 0.15) is 0 Å². The molecule has 1 aromatic heterocycles. The fourth-order valence-corrected chi connectivity index (χ4v) is 2.16. The predicted octanol–water partition coefficient (Wildman–Crippen LogP) is 2.54. The standard InChI is InChI=1S/C14H25N3O2/c1-4-13(5-2)17-10-7-12(15-17)11-16(6-3)9-8-14(18)19/h7,10,13H,4-6,8-9,11H2,1-3H3,(H,18,19). The molecule has 0 spiro atoms. The lowest BCUT2D eigenvalue weighted by atomic mass is 10.2. The third-order valence-electron chi connectivity index (χ3n) is 3.45. The second-order valence-electron chi connectivity index (χ2n) is 4.77. The van der Waals surface area contributed by atoms with Gasteiger partial charge >= 0.3 is 5.97 Å². The molecule has 1 aromatic rings. The summed E-state index contributed by atoms with van der Waals surface area (Å²) >= 11 is 0. The first-order valence-corrected chi connectivity index (χ1v) is 7.08. The Labute approximate surface area is 115 Å². The van der Waals surface area contributed by atoms with Crippen LogP contribution in [0, 0.1) is 0 Å². The Balaban J connectivity index is 2.57. The van der Waals surface area contributed by atoms with E-state index in [1.165, 1.54) is 0 Å². The van der Waals surface area contributed by atoms with E-state index in [-0.39, 0.29) is 6.42 Å². The second-order valence-corrected chi connectivity index (χ2v) is 4.77. The molecule has 1 rings (SSSR count). The van der Waals surface area contributed by atoms with Crippen molar-refractivity contribution in [2.24, 2.45) is 0 Å². The zero-order valence-corrected chi connectivity index (χ0v) is 12.2. The molecule has 1 heterocycles. The molecule has 0 aromatic carbocycles. The molecule has 0 bridgehead atoms. The molecule has 0 saturated heterocycles. The maximum Gasteiger partial charge on any atom is 0.304 e. The van der Waals surface area contributed by atoms with Gasteiger partial charge in [-0.25, -0.2) is 0 Å². The van der Waals surface area contributed by atoms with Gasteiger partial charge in [-0.2, -0.15) is 5.10 Å². The summed E-state index contributed by atoms with van der Waals surface area (Å²) in [4.78, 5) is 12.7. The predicted molar refractivity (Wildman–Crippen MR) is 75.0 cm³/mol. The molecular weight excluding hydrogens is 242 g/mol. The third kappa shape index (κ3) is 5.03. The molecule has 0 aliphatic carbocycles. The van der Waals surface area contributed by atoms with Gasteiger partial charge in [0.05, 0.1) is 18.2 Å². The van der Waals surface area contributed by atoms with Crippen molar-refractivity contribution >= 4 is 5.97 Å². The van der Waals surface area contributed by atoms with E-state index in [1.54, 1.807) is 0 Å². The van der Waals surface area contributed by atoms with E-state index in [1.807, 2.05) is 23.9 Å². The van der Waals surface area contributed by atoms with Gasteiger partial charge in [-0.1, -0.05) is 20.8 Å². The van der Waals surface area contributed by atoms with Gasteiger partial charge in [0, 0.05) is 19.3 Å². The Morgan fingerprint density at radius 3 is 2.63 bits per heavy atom. The minimum atomic E-state index is -0.749. The summed E-state index contributed by atoms with van der Waals surface area (Å²) in [6, 6.07) is 2.49. The Morgan fingerprint density at radius 1 is 1.42 bits per heavy atom. The number of hydrogen-bond acceptors (Lipinski definition) is 3. The number of carbonyl (C=O) groups is 1. The van der Waals surface area contributed by atoms with E-state index in [0.717, 1.165) is 31.6 Å². The van der Waals surface area contributed by atoms with Gasteiger partial charge in [-0.15, -0.1) is 0 Å². The van der Waals surface area contributed by atoms with Crippen LogP contribution in [0.25, 0.3) is 0 Å². The van der Waals surface area contributed by atoms with Gasteiger partial charge in [0.25, 0.3) is 0 Å². The molecule has 19 heavy (non-hydrogen) atoms. The third-order valence-corrected chi connectivity index (χ3v) is 3.45. The first-order chi connectivity index (χ1) is 9.10. The first kappa shape index (κ1) is 15.7. The zero-order chi connectivity index (χ0) is 14.3. The van der Waals surface area contributed by atoms with Crippen molar-refractivity contribution in [2.45, 2.75) is 52.6 Å². The van der Waals surface area contributed by atoms with Crippen LogP contribution in [0.5, 0.6) is 0 Å². The summed E-state index contributed by atoms with van der Waals surface area (Å²) in [5.74, 6) is -0.749. The molecule has 0 unspecified atom stereocenters. The zero-order valence-electron chi connectivity index (χ0n) is 12.2. The molecule has 0 atom stereocenters. The lowest BCUT2D eigenvalue weighted by Crippen LogP contribution is -2.26. The fraction of sp³-hybridized carbons (Fsp3) is 0.714. The second kappa shape index (κ2) is 7.94. The van der Waals surface area contributed by atoms with E-state index in [4.69, 9.17) is 5.11 Å². The van der Waals surface area contributed by atoms with E-state index < -0.39 is 5.97 Å². The maximum absolute atomic E-state index is 10.6. The lowest BCUT2D eigenvalue weighted by Gasteiger charge is -2.18. The molecule has 0 amide bonds. The van der Waals surface area contributed by atoms with E-state index in [2.05, 4.69) is 23.8 Å². The van der Waals surface area contributed by atoms with Gasteiger partial charge in [0.15, 0.2) is 0 Å². The molecule has 5 heteroatoms. The Bertz CT molecular complexity index is 386. The number of aliphatic carboxylic acids is 1. The molecule has 1 N–H and O–H groups in total. The van der Waals surface area contributed by atoms with E-state index >= 15 is 0 Å². The number of rotatable bonds is 9. The van der Waals surface area contributed by atoms with Crippen LogP contribution in [0.3, 0.4) is 0 Å². The molecule has 0 fully saturated rings. The van der Waals surface area contributed by atoms with Crippen LogP contribution in [0.15, 0.2) is 12.3 Å². The van der Waals surface area contributed by atoms with Gasteiger partial charge in [-0.3, -0.25) is 14.4 Å². The van der Waals surface area contributed by atoms with Crippen molar-refractivity contribution in [1.29, 1.82) is 0 Å². The number of aromatic nitrogens is 2. The average Bonchev–Trinajstić information content (AvgIpc) is 2.84. The monoisotopic (exact) mass is 267 g/mol. The Morgan fingerprint density at radius 2 is 2.11 bits per heavy atom. The average molecular weight is 267 g/mol. The van der Waals surface area contributed by atoms with Crippen molar-refractivity contribution in [1.82, 2.24) is 14.7 Å². The van der Waals surface area contributed by atoms with E-state index in [0.29, 0.717) is 12.6 Å². The van der Waals surface area contributed by atoms with Crippen molar-refractivity contribution in [3.63, 3.8) is 0 Å². The highest BCUT2D eigenvalue weighted by molar-refractivity contribution is 5.66. The first-order valence-electron chi connectivity index (χ1n) is 7.08. The topological polar surface area (TPSA) is 58.4 Å². The van der Waals surface area contributed by atoms with Gasteiger partial charge in [-0.05, 0) is 25.5 Å². The smallest absolute Gasteiger partial charge is 0.304 e. The summed E-state index contributed by atoms with van der Waals surface area (Å²) in [6.07, 6.45) is 4.36. The number of carboxylic acids is 1. The fourth-order valence-electron chi connectivity index (χ4n) is 2.16. The summed E-state index contributed by atoms with van der Waals surface area (Å²) in [6.45, 7) is 8.51. The minimum absolute atomic E-state index is 0.182. The molecule has 108 valence electrons. The van der Waals surface area contributed by atoms with Gasteiger partial charge < -0.3 is 5.11 Å². The molecule has 0 radical (unpaired) electrons. The summed E-state index contributed by atoms with van der Waals surface area (Å²) in [5.41, 5.74) is 1.01. The lowest BCUT2D eigenvalue weighted by molar-refractivity contribution is -0.137. The van der Waals surface area contributed by atoms with Crippen LogP contribution >= 0.6 is 0 Å². The molecule has 0 aliphatic rings. The van der Waals surface area contributed by atoms with Crippen molar-refractivity contribution in [3.8, 4) is 0 Å². The summed E-state index contributed by atoms with van der Waals surface area (Å²) in [5, 5.41) is 13.3. The maximum atomic E-state index is 10.6. The van der Waals surface area contributed by atoms with Crippen LogP contribution in [-0.2, 0) is 11.3 Å². The highest BCUT2D eigenvalue weighted by Gasteiger charge is 2.11. The normalized spacial score (nSPS) is 11.4. The molecular formula is C14H25N3O2. The Hall–Kier alpha value is -1.36. The van der Waals surface area contributed by atoms with Crippen LogP contribution < -0.4 is 0 Å². The highest BCUT2D eigenvalue weighted by atomic mass is 16.4. The number of nitrogens with zero attached hydrogens (tertiary/aromatic N) is 3. The van der Waals surface area contributed by atoms with Crippen LogP contribution in [-0.4, -0.2) is 38.8 Å². The number of hydrogen-bond donors (Lipinski definition) is 1. The van der Waals surface area contributed by atoms with Crippen molar-refractivity contribution < 1.29 is 9.90 Å². The van der Waals surface area contributed by atoms with Crippen molar-refractivity contribution in [3.05, 3.63) is 18.0 Å². The largest absolute Gasteiger partial charge is 0.481 e. The highest BCUT2D eigenvalue weighted by Crippen LogP contribution is 2.15. The Kier molecular flexibility index (Phi) is 6.56. The SMILES string of the molecule is CCC(CC)n1ccc(CN(CC)CCC(=O)O)n1. The van der Waals surface area contributed by atoms with Crippen LogP contribution in [0.4, 0.5) is 0 Å². The van der Waals surface area contributed by atoms with Crippen LogP contribution in [0.1, 0.15) is 51.8 Å². The summed E-state index contributed by atoms with van der Waals surface area (Å²) in [7, 11) is 0. The van der Waals surface area contributed by atoms with E-state index in [9.17, 15) is 4.79 Å². The summed E-state index contributed by atoms with van der Waals surface area (Å²) < 4.78 is 2.03. The molecule has 0 aliphatic heterocycles. The minimum Gasteiger partial charge on any atom is -0.481 e. The molecule has 0 saturated carbocycles. The van der Waals surface area contributed by atoms with Crippen molar-refractivity contribution in [2.75, 3.05) is 13.1 Å². The molecule has 5 nitrogen and oxygen atoms in total. The van der Waals surface area contributed by atoms with Crippen LogP contribution in [0.2, 0.25) is 0 Å². The van der Waals surface area contributed by atoms with Gasteiger partial charge in [0.2, 0.25) is 0 Å². The number of carboxylic acid groups (broad SMARTS) is 1. The quantitative estimate of drug-likeness (QED) is 0.747.